The molecule has 0 fully saturated rings. The quantitative estimate of drug-likeness (QED) is 0.822. The van der Waals surface area contributed by atoms with Gasteiger partial charge in [-0.1, -0.05) is 17.7 Å². The van der Waals surface area contributed by atoms with E-state index >= 15 is 0 Å². The molecule has 0 saturated carbocycles. The van der Waals surface area contributed by atoms with Crippen LogP contribution in [0.25, 0.3) is 0 Å². The van der Waals surface area contributed by atoms with E-state index in [1.165, 1.54) is 12.1 Å². The number of halogens is 2. The Kier molecular flexibility index (Phi) is 3.41. The Balaban J connectivity index is 1.84. The first-order valence-electron chi connectivity index (χ1n) is 4.81. The molecular formula is C11H10ClFN2O. The normalized spacial score (nSPS) is 10.4. The van der Waals surface area contributed by atoms with Crippen molar-refractivity contribution in [1.82, 2.24) is 9.78 Å². The van der Waals surface area contributed by atoms with E-state index < -0.39 is 0 Å². The smallest absolute Gasteiger partial charge is 0.151 e. The summed E-state index contributed by atoms with van der Waals surface area (Å²) < 4.78 is 19.8. The average Bonchev–Trinajstić information content (AvgIpc) is 2.64. The Morgan fingerprint density at radius 1 is 1.38 bits per heavy atom. The van der Waals surface area contributed by atoms with E-state index in [1.54, 1.807) is 29.1 Å². The predicted octanol–water partition coefficient (Wildman–Crippen LogP) is 2.75. The van der Waals surface area contributed by atoms with Crippen LogP contribution < -0.4 is 4.74 Å². The van der Waals surface area contributed by atoms with E-state index in [9.17, 15) is 4.39 Å². The SMILES string of the molecule is Fc1cccc(OCCn2ccc(Cl)n2)c1. The molecule has 0 unspecified atom stereocenters. The summed E-state index contributed by atoms with van der Waals surface area (Å²) in [6, 6.07) is 7.73. The van der Waals surface area contributed by atoms with Crippen molar-refractivity contribution in [3.05, 3.63) is 47.5 Å². The van der Waals surface area contributed by atoms with Crippen LogP contribution in [0.4, 0.5) is 4.39 Å². The van der Waals surface area contributed by atoms with E-state index in [2.05, 4.69) is 5.10 Å². The van der Waals surface area contributed by atoms with Crippen molar-refractivity contribution in [1.29, 1.82) is 0 Å². The number of hydrogen-bond acceptors (Lipinski definition) is 2. The Morgan fingerprint density at radius 2 is 2.25 bits per heavy atom. The van der Waals surface area contributed by atoms with Gasteiger partial charge in [0.05, 0.1) is 6.54 Å². The summed E-state index contributed by atoms with van der Waals surface area (Å²) in [5.74, 6) is 0.206. The monoisotopic (exact) mass is 240 g/mol. The predicted molar refractivity (Wildman–Crippen MR) is 59.1 cm³/mol. The summed E-state index contributed by atoms with van der Waals surface area (Å²) in [6.07, 6.45) is 1.76. The van der Waals surface area contributed by atoms with Crippen LogP contribution >= 0.6 is 11.6 Å². The summed E-state index contributed by atoms with van der Waals surface area (Å²) in [4.78, 5) is 0. The first-order valence-corrected chi connectivity index (χ1v) is 5.19. The molecule has 0 amide bonds. The van der Waals surface area contributed by atoms with Gasteiger partial charge in [-0.25, -0.2) is 4.39 Å². The average molecular weight is 241 g/mol. The second-order valence-corrected chi connectivity index (χ2v) is 3.59. The number of hydrogen-bond donors (Lipinski definition) is 0. The molecule has 2 rings (SSSR count). The summed E-state index contributed by atoms with van der Waals surface area (Å²) in [5, 5.41) is 4.44. The van der Waals surface area contributed by atoms with Gasteiger partial charge < -0.3 is 4.74 Å². The Bertz CT molecular complexity index is 473. The van der Waals surface area contributed by atoms with Crippen LogP contribution in [0.5, 0.6) is 5.75 Å². The molecule has 0 aliphatic rings. The Hall–Kier alpha value is -1.55. The van der Waals surface area contributed by atoms with Crippen molar-refractivity contribution in [3.63, 3.8) is 0 Å². The zero-order valence-corrected chi connectivity index (χ0v) is 9.19. The third kappa shape index (κ3) is 2.97. The molecule has 84 valence electrons. The van der Waals surface area contributed by atoms with Crippen molar-refractivity contribution in [3.8, 4) is 5.75 Å². The lowest BCUT2D eigenvalue weighted by Gasteiger charge is -2.05. The fraction of sp³-hybridized carbons (Fsp3) is 0.182. The number of aromatic nitrogens is 2. The van der Waals surface area contributed by atoms with Gasteiger partial charge in [-0.2, -0.15) is 5.10 Å². The van der Waals surface area contributed by atoms with Crippen LogP contribution in [0.2, 0.25) is 5.15 Å². The maximum Gasteiger partial charge on any atom is 0.151 e. The van der Waals surface area contributed by atoms with Crippen molar-refractivity contribution in [2.45, 2.75) is 6.54 Å². The molecule has 1 heterocycles. The highest BCUT2D eigenvalue weighted by atomic mass is 35.5. The lowest BCUT2D eigenvalue weighted by Crippen LogP contribution is -2.08. The molecule has 0 saturated heterocycles. The zero-order valence-electron chi connectivity index (χ0n) is 8.44. The Labute approximate surface area is 97.4 Å². The molecule has 1 aromatic heterocycles. The number of benzene rings is 1. The summed E-state index contributed by atoms with van der Waals surface area (Å²) in [6.45, 7) is 0.991. The summed E-state index contributed by atoms with van der Waals surface area (Å²) in [7, 11) is 0. The number of nitrogens with zero attached hydrogens (tertiary/aromatic N) is 2. The molecule has 0 atom stereocenters. The molecular weight excluding hydrogens is 231 g/mol. The highest BCUT2D eigenvalue weighted by Gasteiger charge is 1.98. The molecule has 0 aliphatic carbocycles. The van der Waals surface area contributed by atoms with E-state index in [-0.39, 0.29) is 5.82 Å². The minimum atomic E-state index is -0.306. The van der Waals surface area contributed by atoms with Crippen LogP contribution in [0.15, 0.2) is 36.5 Å². The standard InChI is InChI=1S/C11H10ClFN2O/c12-11-4-5-15(14-11)6-7-16-10-3-1-2-9(13)8-10/h1-5,8H,6-7H2. The molecule has 1 aromatic carbocycles. The van der Waals surface area contributed by atoms with Crippen LogP contribution in [0.1, 0.15) is 0 Å². The molecule has 16 heavy (non-hydrogen) atoms. The molecule has 0 spiro atoms. The van der Waals surface area contributed by atoms with Gasteiger partial charge in [-0.15, -0.1) is 0 Å². The molecule has 0 radical (unpaired) electrons. The highest BCUT2D eigenvalue weighted by molar-refractivity contribution is 6.29. The van der Waals surface area contributed by atoms with Gasteiger partial charge in [-0.3, -0.25) is 4.68 Å². The maximum atomic E-state index is 12.8. The van der Waals surface area contributed by atoms with E-state index in [4.69, 9.17) is 16.3 Å². The number of ether oxygens (including phenoxy) is 1. The summed E-state index contributed by atoms with van der Waals surface area (Å²) in [5.41, 5.74) is 0. The molecule has 5 heteroatoms. The van der Waals surface area contributed by atoms with Crippen molar-refractivity contribution in [2.75, 3.05) is 6.61 Å². The molecule has 0 aliphatic heterocycles. The summed E-state index contributed by atoms with van der Waals surface area (Å²) >= 11 is 5.65. The van der Waals surface area contributed by atoms with Crippen molar-refractivity contribution in [2.24, 2.45) is 0 Å². The van der Waals surface area contributed by atoms with E-state index in [1.807, 2.05) is 0 Å². The van der Waals surface area contributed by atoms with Crippen LogP contribution in [0, 0.1) is 5.82 Å². The maximum absolute atomic E-state index is 12.8. The number of rotatable bonds is 4. The van der Waals surface area contributed by atoms with Crippen LogP contribution in [-0.4, -0.2) is 16.4 Å². The van der Waals surface area contributed by atoms with Gasteiger partial charge in [0.15, 0.2) is 5.15 Å². The first-order chi connectivity index (χ1) is 7.74. The second kappa shape index (κ2) is 4.99. The topological polar surface area (TPSA) is 27.1 Å². The van der Waals surface area contributed by atoms with Gasteiger partial charge in [0.25, 0.3) is 0 Å². The van der Waals surface area contributed by atoms with Crippen LogP contribution in [0.3, 0.4) is 0 Å². The highest BCUT2D eigenvalue weighted by Crippen LogP contribution is 2.11. The van der Waals surface area contributed by atoms with Gasteiger partial charge >= 0.3 is 0 Å². The van der Waals surface area contributed by atoms with Crippen LogP contribution in [-0.2, 0) is 6.54 Å². The minimum absolute atomic E-state index is 0.306. The lowest BCUT2D eigenvalue weighted by molar-refractivity contribution is 0.290. The molecule has 3 nitrogen and oxygen atoms in total. The van der Waals surface area contributed by atoms with E-state index in [0.29, 0.717) is 24.1 Å². The molecule has 0 N–H and O–H groups in total. The third-order valence-electron chi connectivity index (χ3n) is 1.99. The van der Waals surface area contributed by atoms with Crippen molar-refractivity contribution < 1.29 is 9.13 Å². The fourth-order valence-electron chi connectivity index (χ4n) is 1.28. The van der Waals surface area contributed by atoms with Gasteiger partial charge in [-0.05, 0) is 18.2 Å². The third-order valence-corrected chi connectivity index (χ3v) is 2.19. The van der Waals surface area contributed by atoms with Gasteiger partial charge in [0.1, 0.15) is 18.2 Å². The largest absolute Gasteiger partial charge is 0.492 e. The van der Waals surface area contributed by atoms with Gasteiger partial charge in [0, 0.05) is 12.3 Å². The van der Waals surface area contributed by atoms with Crippen molar-refractivity contribution >= 4 is 11.6 Å². The lowest BCUT2D eigenvalue weighted by atomic mass is 10.3. The van der Waals surface area contributed by atoms with E-state index in [0.717, 1.165) is 0 Å². The zero-order chi connectivity index (χ0) is 11.4. The molecule has 2 aromatic rings. The van der Waals surface area contributed by atoms with Gasteiger partial charge in [0.2, 0.25) is 0 Å². The first kappa shape index (κ1) is 11.0. The molecule has 0 bridgehead atoms. The minimum Gasteiger partial charge on any atom is -0.492 e. The fourth-order valence-corrected chi connectivity index (χ4v) is 1.43. The second-order valence-electron chi connectivity index (χ2n) is 3.21. The Morgan fingerprint density at radius 3 is 2.94 bits per heavy atom.